The summed E-state index contributed by atoms with van der Waals surface area (Å²) in [5, 5.41) is 7.63. The quantitative estimate of drug-likeness (QED) is 0.846. The molecule has 1 aliphatic heterocycles. The second-order valence-electron chi connectivity index (χ2n) is 4.72. The lowest BCUT2D eigenvalue weighted by Gasteiger charge is -2.27. The van der Waals surface area contributed by atoms with E-state index in [0.29, 0.717) is 37.3 Å². The van der Waals surface area contributed by atoms with Gasteiger partial charge in [0.05, 0.1) is 12.7 Å². The van der Waals surface area contributed by atoms with Crippen LogP contribution in [-0.4, -0.2) is 37.3 Å². The second kappa shape index (κ2) is 4.92. The number of amides is 1. The number of carbonyl (C=O) groups excluding carboxylic acids is 1. The Morgan fingerprint density at radius 1 is 1.50 bits per heavy atom. The SMILES string of the molecule is CCn1nncc1C(=O)N1CCc2cc[nH]c(=O)c2C1. The Labute approximate surface area is 115 Å². The van der Waals surface area contributed by atoms with E-state index in [1.54, 1.807) is 15.8 Å². The fourth-order valence-electron chi connectivity index (χ4n) is 2.48. The van der Waals surface area contributed by atoms with E-state index in [1.807, 2.05) is 13.0 Å². The number of nitrogens with one attached hydrogen (secondary N) is 1. The van der Waals surface area contributed by atoms with Crippen LogP contribution in [0, 0.1) is 0 Å². The highest BCUT2D eigenvalue weighted by molar-refractivity contribution is 5.92. The molecule has 0 spiro atoms. The van der Waals surface area contributed by atoms with Crippen LogP contribution >= 0.6 is 0 Å². The van der Waals surface area contributed by atoms with E-state index in [9.17, 15) is 9.59 Å². The van der Waals surface area contributed by atoms with Gasteiger partial charge in [0.25, 0.3) is 11.5 Å². The van der Waals surface area contributed by atoms with Gasteiger partial charge in [0, 0.05) is 24.8 Å². The van der Waals surface area contributed by atoms with Gasteiger partial charge in [-0.15, -0.1) is 5.10 Å². The van der Waals surface area contributed by atoms with Crippen molar-refractivity contribution in [3.05, 3.63) is 45.6 Å². The maximum Gasteiger partial charge on any atom is 0.274 e. The summed E-state index contributed by atoms with van der Waals surface area (Å²) in [4.78, 5) is 28.6. The summed E-state index contributed by atoms with van der Waals surface area (Å²) >= 11 is 0. The number of fused-ring (bicyclic) bond motifs is 1. The molecule has 1 N–H and O–H groups in total. The summed E-state index contributed by atoms with van der Waals surface area (Å²) in [5.41, 5.74) is 2.02. The lowest BCUT2D eigenvalue weighted by atomic mass is 10.0. The number of nitrogens with zero attached hydrogens (tertiary/aromatic N) is 4. The van der Waals surface area contributed by atoms with Crippen molar-refractivity contribution in [3.63, 3.8) is 0 Å². The van der Waals surface area contributed by atoms with Crippen LogP contribution in [-0.2, 0) is 19.5 Å². The normalized spacial score (nSPS) is 14.2. The van der Waals surface area contributed by atoms with E-state index < -0.39 is 0 Å². The molecular weight excluding hydrogens is 258 g/mol. The standard InChI is InChI=1S/C13H15N5O2/c1-2-18-11(7-15-16-18)13(20)17-6-4-9-3-5-14-12(19)10(9)8-17/h3,5,7H,2,4,6,8H2,1H3,(H,14,19). The minimum atomic E-state index is -0.134. The van der Waals surface area contributed by atoms with Gasteiger partial charge in [0.15, 0.2) is 0 Å². The van der Waals surface area contributed by atoms with Crippen LogP contribution < -0.4 is 5.56 Å². The molecule has 3 heterocycles. The molecule has 0 fully saturated rings. The first kappa shape index (κ1) is 12.6. The fraction of sp³-hybridized carbons (Fsp3) is 0.385. The molecule has 3 rings (SSSR count). The van der Waals surface area contributed by atoms with Crippen molar-refractivity contribution in [1.82, 2.24) is 24.9 Å². The Morgan fingerprint density at radius 2 is 2.35 bits per heavy atom. The molecule has 1 amide bonds. The largest absolute Gasteiger partial charge is 0.332 e. The van der Waals surface area contributed by atoms with Crippen molar-refractivity contribution in [2.75, 3.05) is 6.54 Å². The molecule has 0 unspecified atom stereocenters. The van der Waals surface area contributed by atoms with Crippen LogP contribution in [0.5, 0.6) is 0 Å². The van der Waals surface area contributed by atoms with E-state index in [2.05, 4.69) is 15.3 Å². The first-order valence-electron chi connectivity index (χ1n) is 6.58. The van der Waals surface area contributed by atoms with E-state index in [0.717, 1.165) is 5.56 Å². The molecule has 0 bridgehead atoms. The van der Waals surface area contributed by atoms with Gasteiger partial charge >= 0.3 is 0 Å². The van der Waals surface area contributed by atoms with Crippen molar-refractivity contribution in [2.24, 2.45) is 0 Å². The zero-order chi connectivity index (χ0) is 14.1. The number of pyridine rings is 1. The number of aromatic amines is 1. The fourth-order valence-corrected chi connectivity index (χ4v) is 2.48. The monoisotopic (exact) mass is 273 g/mol. The molecule has 7 nitrogen and oxygen atoms in total. The predicted octanol–water partition coefficient (Wildman–Crippen LogP) is 0.185. The number of rotatable bonds is 2. The Balaban J connectivity index is 1.89. The summed E-state index contributed by atoms with van der Waals surface area (Å²) < 4.78 is 1.56. The third-order valence-corrected chi connectivity index (χ3v) is 3.58. The van der Waals surface area contributed by atoms with Gasteiger partial charge in [-0.3, -0.25) is 9.59 Å². The first-order valence-corrected chi connectivity index (χ1v) is 6.58. The predicted molar refractivity (Wildman–Crippen MR) is 71.2 cm³/mol. The summed E-state index contributed by atoms with van der Waals surface area (Å²) in [6, 6.07) is 1.90. The molecule has 0 radical (unpaired) electrons. The van der Waals surface area contributed by atoms with Crippen molar-refractivity contribution in [3.8, 4) is 0 Å². The molecule has 0 saturated carbocycles. The van der Waals surface area contributed by atoms with Gasteiger partial charge in [-0.1, -0.05) is 5.21 Å². The Morgan fingerprint density at radius 3 is 3.15 bits per heavy atom. The van der Waals surface area contributed by atoms with Crippen molar-refractivity contribution in [1.29, 1.82) is 0 Å². The lowest BCUT2D eigenvalue weighted by molar-refractivity contribution is 0.0721. The highest BCUT2D eigenvalue weighted by Gasteiger charge is 2.25. The summed E-state index contributed by atoms with van der Waals surface area (Å²) in [6.45, 7) is 3.43. The smallest absolute Gasteiger partial charge is 0.274 e. The third-order valence-electron chi connectivity index (χ3n) is 3.58. The summed E-state index contributed by atoms with van der Waals surface area (Å²) in [6.07, 6.45) is 3.81. The molecule has 2 aromatic heterocycles. The molecule has 20 heavy (non-hydrogen) atoms. The molecule has 1 aliphatic rings. The van der Waals surface area contributed by atoms with Gasteiger partial charge in [-0.05, 0) is 25.0 Å². The van der Waals surface area contributed by atoms with Crippen molar-refractivity contribution < 1.29 is 4.79 Å². The van der Waals surface area contributed by atoms with Gasteiger partial charge in [0.2, 0.25) is 0 Å². The number of H-pyrrole nitrogens is 1. The molecule has 0 aliphatic carbocycles. The van der Waals surface area contributed by atoms with Gasteiger partial charge in [-0.25, -0.2) is 4.68 Å². The van der Waals surface area contributed by atoms with Gasteiger partial charge in [-0.2, -0.15) is 0 Å². The highest BCUT2D eigenvalue weighted by Crippen LogP contribution is 2.16. The number of aromatic nitrogens is 4. The van der Waals surface area contributed by atoms with Crippen LogP contribution in [0.1, 0.15) is 28.5 Å². The van der Waals surface area contributed by atoms with Crippen LogP contribution in [0.4, 0.5) is 0 Å². The van der Waals surface area contributed by atoms with E-state index in [1.165, 1.54) is 6.20 Å². The average Bonchev–Trinajstić information content (AvgIpc) is 2.95. The van der Waals surface area contributed by atoms with E-state index in [4.69, 9.17) is 0 Å². The first-order chi connectivity index (χ1) is 9.70. The maximum atomic E-state index is 12.5. The Hall–Kier alpha value is -2.44. The van der Waals surface area contributed by atoms with Crippen LogP contribution in [0.25, 0.3) is 0 Å². The topological polar surface area (TPSA) is 83.9 Å². The zero-order valence-electron chi connectivity index (χ0n) is 11.2. The maximum absolute atomic E-state index is 12.5. The number of hydrogen-bond acceptors (Lipinski definition) is 4. The number of hydrogen-bond donors (Lipinski definition) is 1. The molecule has 0 saturated heterocycles. The van der Waals surface area contributed by atoms with E-state index in [-0.39, 0.29) is 11.5 Å². The number of carbonyl (C=O) groups is 1. The minimum Gasteiger partial charge on any atom is -0.332 e. The van der Waals surface area contributed by atoms with E-state index >= 15 is 0 Å². The second-order valence-corrected chi connectivity index (χ2v) is 4.72. The van der Waals surface area contributed by atoms with Crippen molar-refractivity contribution >= 4 is 5.91 Å². The molecule has 0 aromatic carbocycles. The van der Waals surface area contributed by atoms with Gasteiger partial charge < -0.3 is 9.88 Å². The van der Waals surface area contributed by atoms with Crippen LogP contribution in [0.2, 0.25) is 0 Å². The summed E-state index contributed by atoms with van der Waals surface area (Å²) in [5.74, 6) is -0.134. The highest BCUT2D eigenvalue weighted by atomic mass is 16.2. The zero-order valence-corrected chi connectivity index (χ0v) is 11.2. The molecule has 0 atom stereocenters. The van der Waals surface area contributed by atoms with Crippen molar-refractivity contribution in [2.45, 2.75) is 26.4 Å². The summed E-state index contributed by atoms with van der Waals surface area (Å²) in [7, 11) is 0. The van der Waals surface area contributed by atoms with Crippen LogP contribution in [0.15, 0.2) is 23.3 Å². The van der Waals surface area contributed by atoms with Crippen LogP contribution in [0.3, 0.4) is 0 Å². The molecule has 2 aromatic rings. The Kier molecular flexibility index (Phi) is 3.09. The van der Waals surface area contributed by atoms with Gasteiger partial charge in [0.1, 0.15) is 5.69 Å². The minimum absolute atomic E-state index is 0.123. The average molecular weight is 273 g/mol. The molecule has 104 valence electrons. The molecule has 7 heteroatoms. The Bertz CT molecular complexity index is 703. The molecular formula is C13H15N5O2. The third kappa shape index (κ3) is 2.01. The number of aryl methyl sites for hydroxylation is 1. The lowest BCUT2D eigenvalue weighted by Crippen LogP contribution is -2.39.